The van der Waals surface area contributed by atoms with E-state index in [1.807, 2.05) is 0 Å². The molecule has 0 saturated heterocycles. The number of carbonyl (C=O) groups is 1. The van der Waals surface area contributed by atoms with E-state index < -0.39 is 12.1 Å². The predicted molar refractivity (Wildman–Crippen MR) is 50.3 cm³/mol. The maximum Gasteiger partial charge on any atom is 0.344 e. The Labute approximate surface area is 86.2 Å². The van der Waals surface area contributed by atoms with Crippen LogP contribution < -0.4 is 14.2 Å². The number of para-hydroxylation sites is 1. The number of carboxylic acids is 1. The number of hydrogen-bond donors (Lipinski definition) is 1. The minimum atomic E-state index is -1.02. The van der Waals surface area contributed by atoms with Gasteiger partial charge in [0, 0.05) is 0 Å². The van der Waals surface area contributed by atoms with Gasteiger partial charge < -0.3 is 19.3 Å². The van der Waals surface area contributed by atoms with Crippen LogP contribution in [0.4, 0.5) is 0 Å². The van der Waals surface area contributed by atoms with Crippen molar-refractivity contribution >= 4 is 5.97 Å². The lowest BCUT2D eigenvalue weighted by molar-refractivity contribution is -0.144. The molecule has 0 saturated carbocycles. The molecular formula is C10H10O5. The highest BCUT2D eigenvalue weighted by atomic mass is 16.7. The van der Waals surface area contributed by atoms with Crippen molar-refractivity contribution in [1.82, 2.24) is 0 Å². The Kier molecular flexibility index (Phi) is 2.37. The van der Waals surface area contributed by atoms with Crippen LogP contribution in [-0.2, 0) is 4.79 Å². The van der Waals surface area contributed by atoms with E-state index in [1.54, 1.807) is 18.2 Å². The van der Waals surface area contributed by atoms with Gasteiger partial charge in [-0.1, -0.05) is 6.07 Å². The highest BCUT2D eigenvalue weighted by Gasteiger charge is 2.21. The van der Waals surface area contributed by atoms with Gasteiger partial charge in [-0.25, -0.2) is 4.79 Å². The van der Waals surface area contributed by atoms with Crippen LogP contribution in [0.5, 0.6) is 17.2 Å². The Hall–Kier alpha value is -1.91. The first-order valence-corrected chi connectivity index (χ1v) is 4.46. The first kappa shape index (κ1) is 9.64. The SMILES string of the molecule is CC(Oc1cccc2c1OCO2)C(=O)O. The zero-order valence-electron chi connectivity index (χ0n) is 8.10. The first-order valence-electron chi connectivity index (χ1n) is 4.46. The van der Waals surface area contributed by atoms with Crippen LogP contribution in [0.15, 0.2) is 18.2 Å². The molecule has 1 heterocycles. The van der Waals surface area contributed by atoms with E-state index in [9.17, 15) is 4.79 Å². The summed E-state index contributed by atoms with van der Waals surface area (Å²) in [5.41, 5.74) is 0. The summed E-state index contributed by atoms with van der Waals surface area (Å²) in [7, 11) is 0. The zero-order chi connectivity index (χ0) is 10.8. The molecule has 5 heteroatoms. The summed E-state index contributed by atoms with van der Waals surface area (Å²) in [6, 6.07) is 5.10. The summed E-state index contributed by atoms with van der Waals surface area (Å²) in [6.07, 6.45) is -0.916. The molecule has 2 rings (SSSR count). The smallest absolute Gasteiger partial charge is 0.344 e. The van der Waals surface area contributed by atoms with Gasteiger partial charge in [0.15, 0.2) is 17.6 Å². The highest BCUT2D eigenvalue weighted by molar-refractivity contribution is 5.72. The van der Waals surface area contributed by atoms with Crippen molar-refractivity contribution in [3.8, 4) is 17.2 Å². The fraction of sp³-hybridized carbons (Fsp3) is 0.300. The van der Waals surface area contributed by atoms with E-state index in [1.165, 1.54) is 6.92 Å². The molecule has 0 fully saturated rings. The summed E-state index contributed by atoms with van der Waals surface area (Å²) < 4.78 is 15.5. The molecule has 1 aliphatic rings. The lowest BCUT2D eigenvalue weighted by Gasteiger charge is -2.11. The monoisotopic (exact) mass is 210 g/mol. The number of carboxylic acid groups (broad SMARTS) is 1. The molecule has 1 aliphatic heterocycles. The molecule has 1 aromatic carbocycles. The highest BCUT2D eigenvalue weighted by Crippen LogP contribution is 2.40. The molecule has 1 atom stereocenters. The van der Waals surface area contributed by atoms with Crippen LogP contribution in [0.2, 0.25) is 0 Å². The third-order valence-electron chi connectivity index (χ3n) is 2.01. The van der Waals surface area contributed by atoms with Crippen molar-refractivity contribution in [2.45, 2.75) is 13.0 Å². The fourth-order valence-electron chi connectivity index (χ4n) is 1.24. The lowest BCUT2D eigenvalue weighted by Crippen LogP contribution is -2.22. The average molecular weight is 210 g/mol. The number of fused-ring (bicyclic) bond motifs is 1. The zero-order valence-corrected chi connectivity index (χ0v) is 8.10. The van der Waals surface area contributed by atoms with Gasteiger partial charge in [0.1, 0.15) is 0 Å². The number of aliphatic carboxylic acids is 1. The maximum absolute atomic E-state index is 10.6. The Morgan fingerprint density at radius 1 is 1.53 bits per heavy atom. The standard InChI is InChI=1S/C10H10O5/c1-6(10(11)12)15-8-4-2-3-7-9(8)14-5-13-7/h2-4,6H,5H2,1H3,(H,11,12). The largest absolute Gasteiger partial charge is 0.479 e. The molecule has 0 spiro atoms. The van der Waals surface area contributed by atoms with Crippen molar-refractivity contribution in [3.05, 3.63) is 18.2 Å². The summed E-state index contributed by atoms with van der Waals surface area (Å²) >= 11 is 0. The maximum atomic E-state index is 10.6. The van der Waals surface area contributed by atoms with Gasteiger partial charge in [0.25, 0.3) is 0 Å². The van der Waals surface area contributed by atoms with Gasteiger partial charge in [0.05, 0.1) is 0 Å². The van der Waals surface area contributed by atoms with Crippen LogP contribution >= 0.6 is 0 Å². The predicted octanol–water partition coefficient (Wildman–Crippen LogP) is 1.27. The minimum Gasteiger partial charge on any atom is -0.479 e. The summed E-state index contributed by atoms with van der Waals surface area (Å²) in [5.74, 6) is 0.405. The first-order chi connectivity index (χ1) is 7.18. The molecule has 1 N–H and O–H groups in total. The third kappa shape index (κ3) is 1.81. The summed E-state index contributed by atoms with van der Waals surface area (Å²) in [6.45, 7) is 1.59. The van der Waals surface area contributed by atoms with E-state index in [0.717, 1.165) is 0 Å². The lowest BCUT2D eigenvalue weighted by atomic mass is 10.3. The molecule has 1 unspecified atom stereocenters. The Morgan fingerprint density at radius 3 is 3.07 bits per heavy atom. The van der Waals surface area contributed by atoms with Crippen LogP contribution in [-0.4, -0.2) is 24.0 Å². The molecule has 0 radical (unpaired) electrons. The molecule has 0 bridgehead atoms. The quantitative estimate of drug-likeness (QED) is 0.813. The van der Waals surface area contributed by atoms with Crippen LogP contribution in [0.3, 0.4) is 0 Å². The Bertz CT molecular complexity index is 387. The van der Waals surface area contributed by atoms with Crippen molar-refractivity contribution in [1.29, 1.82) is 0 Å². The van der Waals surface area contributed by atoms with Gasteiger partial charge in [-0.3, -0.25) is 0 Å². The van der Waals surface area contributed by atoms with Crippen LogP contribution in [0.25, 0.3) is 0 Å². The Morgan fingerprint density at radius 2 is 2.33 bits per heavy atom. The molecule has 0 aromatic heterocycles. The molecule has 0 amide bonds. The van der Waals surface area contributed by atoms with Crippen molar-refractivity contribution in [2.24, 2.45) is 0 Å². The molecule has 15 heavy (non-hydrogen) atoms. The topological polar surface area (TPSA) is 65.0 Å². The molecule has 1 aromatic rings. The molecular weight excluding hydrogens is 200 g/mol. The molecule has 5 nitrogen and oxygen atoms in total. The van der Waals surface area contributed by atoms with Gasteiger partial charge in [0.2, 0.25) is 12.5 Å². The van der Waals surface area contributed by atoms with E-state index in [0.29, 0.717) is 17.2 Å². The van der Waals surface area contributed by atoms with E-state index in [-0.39, 0.29) is 6.79 Å². The summed E-state index contributed by atoms with van der Waals surface area (Å²) in [5, 5.41) is 8.69. The number of ether oxygens (including phenoxy) is 3. The number of rotatable bonds is 3. The number of benzene rings is 1. The van der Waals surface area contributed by atoms with Crippen molar-refractivity contribution < 1.29 is 24.1 Å². The average Bonchev–Trinajstić information content (AvgIpc) is 2.66. The molecule has 0 aliphatic carbocycles. The second-order valence-corrected chi connectivity index (χ2v) is 3.09. The molecule has 80 valence electrons. The minimum absolute atomic E-state index is 0.136. The second-order valence-electron chi connectivity index (χ2n) is 3.09. The van der Waals surface area contributed by atoms with Gasteiger partial charge in [-0.15, -0.1) is 0 Å². The Balaban J connectivity index is 2.22. The van der Waals surface area contributed by atoms with Crippen LogP contribution in [0.1, 0.15) is 6.92 Å². The van der Waals surface area contributed by atoms with Crippen molar-refractivity contribution in [3.63, 3.8) is 0 Å². The van der Waals surface area contributed by atoms with Gasteiger partial charge in [-0.05, 0) is 19.1 Å². The summed E-state index contributed by atoms with van der Waals surface area (Å²) in [4.78, 5) is 10.6. The fourth-order valence-corrected chi connectivity index (χ4v) is 1.24. The van der Waals surface area contributed by atoms with E-state index in [4.69, 9.17) is 19.3 Å². The van der Waals surface area contributed by atoms with E-state index in [2.05, 4.69) is 0 Å². The van der Waals surface area contributed by atoms with Crippen LogP contribution in [0, 0.1) is 0 Å². The van der Waals surface area contributed by atoms with Gasteiger partial charge in [-0.2, -0.15) is 0 Å². The second kappa shape index (κ2) is 3.68. The van der Waals surface area contributed by atoms with Gasteiger partial charge >= 0.3 is 5.97 Å². The number of hydrogen-bond acceptors (Lipinski definition) is 4. The van der Waals surface area contributed by atoms with E-state index >= 15 is 0 Å². The third-order valence-corrected chi connectivity index (χ3v) is 2.01. The normalized spacial score (nSPS) is 14.7. The van der Waals surface area contributed by atoms with Crippen molar-refractivity contribution in [2.75, 3.05) is 6.79 Å².